The first-order valence-corrected chi connectivity index (χ1v) is 8.92. The van der Waals surface area contributed by atoms with Gasteiger partial charge in [0.1, 0.15) is 0 Å². The lowest BCUT2D eigenvalue weighted by Gasteiger charge is -2.16. The topological polar surface area (TPSA) is 85.5 Å². The summed E-state index contributed by atoms with van der Waals surface area (Å²) in [4.78, 5) is 38.7. The molecule has 1 heterocycles. The van der Waals surface area contributed by atoms with Gasteiger partial charge in [-0.3, -0.25) is 14.4 Å². The van der Waals surface area contributed by atoms with Crippen molar-refractivity contribution in [2.75, 3.05) is 0 Å². The smallest absolute Gasteiger partial charge is 0.312 e. The van der Waals surface area contributed by atoms with Crippen LogP contribution in [-0.2, 0) is 20.7 Å². The van der Waals surface area contributed by atoms with Crippen LogP contribution in [-0.4, -0.2) is 23.0 Å². The van der Waals surface area contributed by atoms with Crippen LogP contribution in [0.15, 0.2) is 35.1 Å². The Labute approximate surface area is 158 Å². The lowest BCUT2D eigenvalue weighted by Crippen LogP contribution is -2.20. The van der Waals surface area contributed by atoms with E-state index in [9.17, 15) is 14.4 Å². The fourth-order valence-corrected chi connectivity index (χ4v) is 2.85. The number of rotatable bonds is 6. The van der Waals surface area contributed by atoms with E-state index in [1.165, 1.54) is 6.92 Å². The molecule has 2 aromatic rings. The van der Waals surface area contributed by atoms with E-state index < -0.39 is 17.5 Å². The van der Waals surface area contributed by atoms with Crippen molar-refractivity contribution in [3.63, 3.8) is 0 Å². The van der Waals surface area contributed by atoms with Gasteiger partial charge in [0, 0.05) is 18.2 Å². The number of aromatic nitrogens is 1. The number of ether oxygens (including phenoxy) is 2. The van der Waals surface area contributed by atoms with E-state index in [1.54, 1.807) is 19.9 Å². The van der Waals surface area contributed by atoms with Crippen molar-refractivity contribution in [2.24, 2.45) is 0 Å². The van der Waals surface area contributed by atoms with Gasteiger partial charge in [-0.2, -0.15) is 0 Å². The summed E-state index contributed by atoms with van der Waals surface area (Å²) in [5.74, 6) is -0.906. The minimum Gasteiger partial charge on any atom is -0.463 e. The number of esters is 2. The molecule has 0 aliphatic heterocycles. The van der Waals surface area contributed by atoms with Gasteiger partial charge < -0.3 is 14.5 Å². The van der Waals surface area contributed by atoms with Crippen LogP contribution in [0.3, 0.4) is 0 Å². The number of pyridine rings is 1. The third kappa shape index (κ3) is 5.29. The third-order valence-electron chi connectivity index (χ3n) is 3.86. The maximum absolute atomic E-state index is 12.6. The Kier molecular flexibility index (Phi) is 6.55. The van der Waals surface area contributed by atoms with E-state index in [-0.39, 0.29) is 24.2 Å². The highest BCUT2D eigenvalue weighted by Gasteiger charge is 2.19. The third-order valence-corrected chi connectivity index (χ3v) is 3.86. The number of hydrogen-bond donors (Lipinski definition) is 1. The van der Waals surface area contributed by atoms with Crippen molar-refractivity contribution in [3.8, 4) is 16.9 Å². The van der Waals surface area contributed by atoms with E-state index in [2.05, 4.69) is 4.98 Å². The van der Waals surface area contributed by atoms with Gasteiger partial charge in [-0.15, -0.1) is 0 Å². The highest BCUT2D eigenvalue weighted by Crippen LogP contribution is 2.34. The summed E-state index contributed by atoms with van der Waals surface area (Å²) in [5.41, 5.74) is 2.11. The van der Waals surface area contributed by atoms with Gasteiger partial charge in [-0.1, -0.05) is 38.1 Å². The average Bonchev–Trinajstić information content (AvgIpc) is 2.55. The molecule has 2 rings (SSSR count). The fourth-order valence-electron chi connectivity index (χ4n) is 2.85. The molecule has 0 atom stereocenters. The molecular weight excluding hydrogens is 346 g/mol. The van der Waals surface area contributed by atoms with Crippen LogP contribution in [0.4, 0.5) is 0 Å². The van der Waals surface area contributed by atoms with Gasteiger partial charge in [-0.25, -0.2) is 0 Å². The van der Waals surface area contributed by atoms with Gasteiger partial charge in [0.15, 0.2) is 0 Å². The zero-order valence-electron chi connectivity index (χ0n) is 16.3. The van der Waals surface area contributed by atoms with Crippen molar-refractivity contribution >= 4 is 11.9 Å². The Morgan fingerprint density at radius 3 is 2.33 bits per heavy atom. The quantitative estimate of drug-likeness (QED) is 0.785. The van der Waals surface area contributed by atoms with E-state index in [0.29, 0.717) is 11.3 Å². The second-order valence-corrected chi connectivity index (χ2v) is 6.92. The van der Waals surface area contributed by atoms with E-state index in [0.717, 1.165) is 11.1 Å². The summed E-state index contributed by atoms with van der Waals surface area (Å²) >= 11 is 0. The molecule has 1 aromatic carbocycles. The van der Waals surface area contributed by atoms with Crippen LogP contribution in [0.25, 0.3) is 11.1 Å². The van der Waals surface area contributed by atoms with Crippen LogP contribution in [0.2, 0.25) is 0 Å². The second kappa shape index (κ2) is 8.66. The molecule has 27 heavy (non-hydrogen) atoms. The average molecular weight is 371 g/mol. The minimum absolute atomic E-state index is 0.0726. The maximum Gasteiger partial charge on any atom is 0.312 e. The zero-order valence-corrected chi connectivity index (χ0v) is 16.3. The summed E-state index contributed by atoms with van der Waals surface area (Å²) in [6, 6.07) is 9.27. The molecule has 1 aromatic heterocycles. The molecular formula is C21H25NO5. The molecule has 0 bridgehead atoms. The molecule has 0 saturated heterocycles. The zero-order chi connectivity index (χ0) is 20.1. The van der Waals surface area contributed by atoms with Crippen molar-refractivity contribution in [1.82, 2.24) is 4.98 Å². The summed E-state index contributed by atoms with van der Waals surface area (Å²) in [6.45, 7) is 8.84. The largest absolute Gasteiger partial charge is 0.463 e. The SMILES string of the molecule is CC(=O)Oc1c(-c2ccccc2C(C)C)cc(CC(=O)OC(C)C)[nH]c1=O. The van der Waals surface area contributed by atoms with Crippen LogP contribution in [0.5, 0.6) is 5.75 Å². The van der Waals surface area contributed by atoms with Crippen LogP contribution >= 0.6 is 0 Å². The first kappa shape index (κ1) is 20.4. The van der Waals surface area contributed by atoms with Gasteiger partial charge in [0.25, 0.3) is 5.56 Å². The van der Waals surface area contributed by atoms with E-state index >= 15 is 0 Å². The molecule has 0 radical (unpaired) electrons. The highest BCUT2D eigenvalue weighted by atomic mass is 16.5. The number of benzene rings is 1. The van der Waals surface area contributed by atoms with Crippen LogP contribution in [0, 0.1) is 0 Å². The van der Waals surface area contributed by atoms with Gasteiger partial charge >= 0.3 is 11.9 Å². The van der Waals surface area contributed by atoms with Gasteiger partial charge in [-0.05, 0) is 37.0 Å². The summed E-state index contributed by atoms with van der Waals surface area (Å²) < 4.78 is 10.3. The van der Waals surface area contributed by atoms with Crippen LogP contribution in [0.1, 0.15) is 51.8 Å². The molecule has 6 heteroatoms. The normalized spacial score (nSPS) is 10.9. The first-order chi connectivity index (χ1) is 12.7. The summed E-state index contributed by atoms with van der Waals surface area (Å²) in [7, 11) is 0. The standard InChI is InChI=1S/C21H25NO5/c1-12(2)16-8-6-7-9-17(16)18-10-15(11-19(24)26-13(3)4)22-21(25)20(18)27-14(5)23/h6-10,12-13H,11H2,1-5H3,(H,22,25). The number of aromatic amines is 1. The van der Waals surface area contributed by atoms with Crippen molar-refractivity contribution < 1.29 is 19.1 Å². The van der Waals surface area contributed by atoms with E-state index in [4.69, 9.17) is 9.47 Å². The van der Waals surface area contributed by atoms with Crippen LogP contribution < -0.4 is 10.3 Å². The molecule has 0 spiro atoms. The number of carbonyl (C=O) groups excluding carboxylic acids is 2. The molecule has 6 nitrogen and oxygen atoms in total. The summed E-state index contributed by atoms with van der Waals surface area (Å²) in [5, 5.41) is 0. The van der Waals surface area contributed by atoms with Crippen molar-refractivity contribution in [1.29, 1.82) is 0 Å². The van der Waals surface area contributed by atoms with Crippen molar-refractivity contribution in [2.45, 2.75) is 53.1 Å². The molecule has 144 valence electrons. The van der Waals surface area contributed by atoms with Gasteiger partial charge in [0.2, 0.25) is 5.75 Å². The lowest BCUT2D eigenvalue weighted by molar-refractivity contribution is -0.146. The highest BCUT2D eigenvalue weighted by molar-refractivity contribution is 5.79. The fraction of sp³-hybridized carbons (Fsp3) is 0.381. The minimum atomic E-state index is -0.587. The molecule has 0 aliphatic carbocycles. The Morgan fingerprint density at radius 1 is 1.07 bits per heavy atom. The number of H-pyrrole nitrogens is 1. The molecule has 0 fully saturated rings. The summed E-state index contributed by atoms with van der Waals surface area (Å²) in [6.07, 6.45) is -0.323. The number of carbonyl (C=O) groups is 2. The predicted molar refractivity (Wildman–Crippen MR) is 103 cm³/mol. The number of hydrogen-bond acceptors (Lipinski definition) is 5. The molecule has 0 amide bonds. The van der Waals surface area contributed by atoms with E-state index in [1.807, 2.05) is 38.1 Å². The Bertz CT molecular complexity index is 896. The van der Waals surface area contributed by atoms with Crippen molar-refractivity contribution in [3.05, 3.63) is 51.9 Å². The number of nitrogens with one attached hydrogen (secondary N) is 1. The van der Waals surface area contributed by atoms with Gasteiger partial charge in [0.05, 0.1) is 12.5 Å². The molecule has 0 saturated carbocycles. The first-order valence-electron chi connectivity index (χ1n) is 8.92. The Morgan fingerprint density at radius 2 is 1.74 bits per heavy atom. The monoisotopic (exact) mass is 371 g/mol. The predicted octanol–water partition coefficient (Wildman–Crippen LogP) is 3.58. The molecule has 0 aliphatic rings. The lowest BCUT2D eigenvalue weighted by atomic mass is 9.92. The Hall–Kier alpha value is -2.89. The molecule has 1 N–H and O–H groups in total. The second-order valence-electron chi connectivity index (χ2n) is 6.92. The Balaban J connectivity index is 2.61. The molecule has 0 unspecified atom stereocenters. The maximum atomic E-state index is 12.6.